The summed E-state index contributed by atoms with van der Waals surface area (Å²) in [5.74, 6) is -0.521. The third-order valence-corrected chi connectivity index (χ3v) is 15.9. The molecule has 466 valence electrons. The molecule has 0 saturated carbocycles. The first-order valence-corrected chi connectivity index (χ1v) is 35.3. The van der Waals surface area contributed by atoms with E-state index in [-0.39, 0.29) is 31.5 Å². The minimum absolute atomic E-state index is 0.0361. The van der Waals surface area contributed by atoms with Gasteiger partial charge in [-0.15, -0.1) is 0 Å². The normalized spacial score (nSPS) is 14.0. The molecule has 0 rings (SSSR count). The lowest BCUT2D eigenvalue weighted by Gasteiger charge is -2.27. The van der Waals surface area contributed by atoms with Crippen molar-refractivity contribution in [3.05, 3.63) is 72.9 Å². The van der Waals surface area contributed by atoms with Crippen molar-refractivity contribution in [3.63, 3.8) is 0 Å². The summed E-state index contributed by atoms with van der Waals surface area (Å²) in [6.45, 7) is 6.99. The van der Waals surface area contributed by atoms with Gasteiger partial charge in [-0.25, -0.2) is 4.57 Å². The van der Waals surface area contributed by atoms with Crippen LogP contribution in [0.3, 0.4) is 0 Å². The number of amides is 1. The van der Waals surface area contributed by atoms with Crippen molar-refractivity contribution in [2.24, 2.45) is 0 Å². The number of ether oxygens (including phenoxy) is 1. The van der Waals surface area contributed by atoms with E-state index in [4.69, 9.17) is 13.8 Å². The average molecular weight is 1140 g/mol. The van der Waals surface area contributed by atoms with Gasteiger partial charge in [-0.2, -0.15) is 0 Å². The lowest BCUT2D eigenvalue weighted by atomic mass is 10.0. The summed E-state index contributed by atoms with van der Waals surface area (Å²) >= 11 is 0. The SMILES string of the molecule is CCCCC/C=C\C/C=C\C/C=C\C/C=C\CCCCCCCCCCCCCC(=O)NC(COP(=O)(O)OCC[N+](C)(C)C)C(/C=C\CCCCCCCCCCCCC)OC(=O)CCCCC/C=C\CCCCCCCCC. The van der Waals surface area contributed by atoms with Crippen LogP contribution in [-0.2, 0) is 27.9 Å². The van der Waals surface area contributed by atoms with E-state index < -0.39 is 20.0 Å². The predicted octanol–water partition coefficient (Wildman–Crippen LogP) is 21.2. The van der Waals surface area contributed by atoms with Gasteiger partial charge >= 0.3 is 13.8 Å². The van der Waals surface area contributed by atoms with Gasteiger partial charge in [0.2, 0.25) is 5.91 Å². The summed E-state index contributed by atoms with van der Waals surface area (Å²) in [6.07, 6.45) is 77.6. The fraction of sp³-hybridized carbons (Fsp3) is 0.800. The van der Waals surface area contributed by atoms with E-state index in [9.17, 15) is 19.0 Å². The molecule has 0 spiro atoms. The van der Waals surface area contributed by atoms with Crippen molar-refractivity contribution in [2.75, 3.05) is 40.9 Å². The van der Waals surface area contributed by atoms with Gasteiger partial charge in [0, 0.05) is 12.8 Å². The van der Waals surface area contributed by atoms with Gasteiger partial charge in [0.15, 0.2) is 0 Å². The summed E-state index contributed by atoms with van der Waals surface area (Å²) in [5.41, 5.74) is 0. The highest BCUT2D eigenvalue weighted by atomic mass is 31.2. The average Bonchev–Trinajstić information content (AvgIpc) is 3.42. The van der Waals surface area contributed by atoms with Crippen LogP contribution in [0.25, 0.3) is 0 Å². The zero-order valence-corrected chi connectivity index (χ0v) is 54.2. The maximum absolute atomic E-state index is 13.6. The molecule has 80 heavy (non-hydrogen) atoms. The molecule has 10 heteroatoms. The van der Waals surface area contributed by atoms with Gasteiger partial charge in [-0.05, 0) is 102 Å². The number of phosphoric ester groups is 1. The van der Waals surface area contributed by atoms with E-state index in [1.165, 1.54) is 186 Å². The van der Waals surface area contributed by atoms with Crippen LogP contribution in [0.5, 0.6) is 0 Å². The molecule has 2 N–H and O–H groups in total. The summed E-state index contributed by atoms with van der Waals surface area (Å²) in [4.78, 5) is 37.8. The van der Waals surface area contributed by atoms with Crippen molar-refractivity contribution in [1.29, 1.82) is 0 Å². The van der Waals surface area contributed by atoms with Crippen LogP contribution < -0.4 is 5.32 Å². The third kappa shape index (κ3) is 60.1. The monoisotopic (exact) mass is 1140 g/mol. The number of hydrogen-bond acceptors (Lipinski definition) is 6. The molecular weight excluding hydrogens is 1010 g/mol. The number of allylic oxidation sites excluding steroid dienone is 11. The lowest BCUT2D eigenvalue weighted by Crippen LogP contribution is -2.47. The Bertz CT molecular complexity index is 1600. The Kier molecular flexibility index (Phi) is 57.7. The smallest absolute Gasteiger partial charge is 0.456 e. The highest BCUT2D eigenvalue weighted by molar-refractivity contribution is 7.47. The van der Waals surface area contributed by atoms with Gasteiger partial charge < -0.3 is 19.4 Å². The zero-order chi connectivity index (χ0) is 58.6. The highest BCUT2D eigenvalue weighted by Gasteiger charge is 2.30. The Morgan fingerprint density at radius 2 is 0.762 bits per heavy atom. The largest absolute Gasteiger partial charge is 0.472 e. The Morgan fingerprint density at radius 1 is 0.438 bits per heavy atom. The zero-order valence-electron chi connectivity index (χ0n) is 53.3. The molecule has 0 aliphatic carbocycles. The minimum atomic E-state index is -4.46. The number of phosphoric acid groups is 1. The quantitative estimate of drug-likeness (QED) is 0.0205. The molecule has 0 bridgehead atoms. The molecule has 0 fully saturated rings. The van der Waals surface area contributed by atoms with Crippen molar-refractivity contribution >= 4 is 19.7 Å². The third-order valence-electron chi connectivity index (χ3n) is 14.9. The maximum Gasteiger partial charge on any atom is 0.472 e. The second kappa shape index (κ2) is 59.6. The molecule has 0 saturated heterocycles. The topological polar surface area (TPSA) is 111 Å². The van der Waals surface area contributed by atoms with Gasteiger partial charge in [0.05, 0.1) is 33.8 Å². The van der Waals surface area contributed by atoms with Crippen LogP contribution >= 0.6 is 7.82 Å². The van der Waals surface area contributed by atoms with Crippen molar-refractivity contribution < 1.29 is 37.3 Å². The second-order valence-electron chi connectivity index (χ2n) is 24.0. The first-order chi connectivity index (χ1) is 38.9. The van der Waals surface area contributed by atoms with Crippen LogP contribution in [0.4, 0.5) is 0 Å². The molecule has 0 aromatic heterocycles. The van der Waals surface area contributed by atoms with Gasteiger partial charge in [0.1, 0.15) is 19.3 Å². The minimum Gasteiger partial charge on any atom is -0.456 e. The standard InChI is InChI=1S/C70H129N2O7P/c1-7-10-13-16-19-22-25-28-30-31-32-33-34-35-36-37-38-39-40-41-42-44-47-50-53-56-59-62-69(73)71-67(66-78-80(75,76)77-65-64-72(4,5)6)68(61-58-55-52-49-46-43-27-24-21-18-15-12-9-3)79-70(74)63-60-57-54-51-48-45-29-26-23-20-17-14-11-8-2/h19,22,28,30,32-33,35-36,45,48,58,61,67-68H,7-18,20-21,23-27,29,31,34,37-44,46-47,49-57,59-60,62-66H2,1-6H3,(H-,71,73,75,76)/p+1/b22-19-,30-28-,33-32-,36-35-,48-45-,61-58-. The van der Waals surface area contributed by atoms with Crippen LogP contribution in [-0.4, -0.2) is 74.3 Å². The van der Waals surface area contributed by atoms with Gasteiger partial charge in [-0.1, -0.05) is 267 Å². The van der Waals surface area contributed by atoms with Crippen molar-refractivity contribution in [1.82, 2.24) is 5.32 Å². The molecule has 0 aromatic rings. The number of esters is 1. The molecule has 1 amide bonds. The van der Waals surface area contributed by atoms with Crippen molar-refractivity contribution in [3.8, 4) is 0 Å². The first kappa shape index (κ1) is 77.5. The maximum atomic E-state index is 13.6. The number of unbranched alkanes of at least 4 members (excludes halogenated alkanes) is 35. The van der Waals surface area contributed by atoms with E-state index >= 15 is 0 Å². The number of rotatable bonds is 61. The van der Waals surface area contributed by atoms with E-state index in [2.05, 4.69) is 86.8 Å². The van der Waals surface area contributed by atoms with E-state index in [1.807, 2.05) is 33.3 Å². The van der Waals surface area contributed by atoms with E-state index in [0.29, 0.717) is 23.9 Å². The molecule has 3 atom stereocenters. The fourth-order valence-corrected chi connectivity index (χ4v) is 10.4. The Balaban J connectivity index is 5.10. The van der Waals surface area contributed by atoms with Crippen molar-refractivity contribution in [2.45, 2.75) is 322 Å². The summed E-state index contributed by atoms with van der Waals surface area (Å²) < 4.78 is 30.7. The van der Waals surface area contributed by atoms with Gasteiger partial charge in [0.25, 0.3) is 0 Å². The molecule has 0 aliphatic heterocycles. The van der Waals surface area contributed by atoms with E-state index in [1.54, 1.807) is 0 Å². The number of nitrogens with one attached hydrogen (secondary N) is 1. The number of hydrogen-bond donors (Lipinski definition) is 2. The highest BCUT2D eigenvalue weighted by Crippen LogP contribution is 2.43. The fourth-order valence-electron chi connectivity index (χ4n) is 9.63. The van der Waals surface area contributed by atoms with E-state index in [0.717, 1.165) is 83.5 Å². The van der Waals surface area contributed by atoms with Crippen LogP contribution in [0, 0.1) is 0 Å². The van der Waals surface area contributed by atoms with Crippen LogP contribution in [0.2, 0.25) is 0 Å². The Morgan fingerprint density at radius 3 is 1.19 bits per heavy atom. The summed E-state index contributed by atoms with van der Waals surface area (Å²) in [5, 5.41) is 3.06. The van der Waals surface area contributed by atoms with Crippen LogP contribution in [0.1, 0.15) is 310 Å². The Hall–Kier alpha value is -2.55. The molecule has 0 aromatic carbocycles. The molecule has 3 unspecified atom stereocenters. The molecule has 0 aliphatic rings. The first-order valence-electron chi connectivity index (χ1n) is 33.8. The van der Waals surface area contributed by atoms with Gasteiger partial charge in [-0.3, -0.25) is 18.6 Å². The predicted molar refractivity (Wildman–Crippen MR) is 346 cm³/mol. The molecule has 0 radical (unpaired) electrons. The number of likely N-dealkylation sites (N-methyl/N-ethyl adjacent to an activating group) is 1. The number of carbonyl (C=O) groups is 2. The summed E-state index contributed by atoms with van der Waals surface area (Å²) in [7, 11) is 1.49. The lowest BCUT2D eigenvalue weighted by molar-refractivity contribution is -0.870. The number of quaternary nitrogens is 1. The summed E-state index contributed by atoms with van der Waals surface area (Å²) in [6, 6.07) is -0.858. The molecule has 9 nitrogen and oxygen atoms in total. The second-order valence-corrected chi connectivity index (χ2v) is 25.4. The Labute approximate surface area is 495 Å². The molecule has 0 heterocycles. The number of nitrogens with zero attached hydrogens (tertiary/aromatic N) is 1. The molecular formula is C70H130N2O7P+. The number of carbonyl (C=O) groups excluding carboxylic acids is 2. The van der Waals surface area contributed by atoms with Crippen LogP contribution in [0.15, 0.2) is 72.9 Å².